The first-order valence-electron chi connectivity index (χ1n) is 7.50. The van der Waals surface area contributed by atoms with Crippen molar-refractivity contribution in [2.75, 3.05) is 0 Å². The Balaban J connectivity index is 2.23. The third kappa shape index (κ3) is 4.12. The maximum absolute atomic E-state index is 12.5. The van der Waals surface area contributed by atoms with E-state index in [0.717, 1.165) is 12.8 Å². The van der Waals surface area contributed by atoms with Gasteiger partial charge in [0.1, 0.15) is 5.60 Å². The number of ether oxygens (including phenoxy) is 1. The van der Waals surface area contributed by atoms with Crippen molar-refractivity contribution in [2.45, 2.75) is 57.7 Å². The van der Waals surface area contributed by atoms with E-state index in [-0.39, 0.29) is 11.5 Å². The zero-order valence-electron chi connectivity index (χ0n) is 13.5. The summed E-state index contributed by atoms with van der Waals surface area (Å²) in [6.45, 7) is 5.30. The standard InChI is InChI=1S/C16H21NO6/c1-15(2,3)22-14(20)16(8-4-5-9-16)23-17-12(13(18)19)11-7-6-10-21-11/h6-7,10H,4-5,8-9H2,1-3H3,(H,18,19)/b17-12-. The van der Waals surface area contributed by atoms with Crippen molar-refractivity contribution in [1.29, 1.82) is 0 Å². The van der Waals surface area contributed by atoms with Crippen LogP contribution >= 0.6 is 0 Å². The molecule has 126 valence electrons. The summed E-state index contributed by atoms with van der Waals surface area (Å²) in [5.41, 5.74) is -2.28. The van der Waals surface area contributed by atoms with E-state index in [1.165, 1.54) is 12.3 Å². The minimum absolute atomic E-state index is 0.0647. The minimum Gasteiger partial charge on any atom is -0.476 e. The van der Waals surface area contributed by atoms with Gasteiger partial charge in [-0.1, -0.05) is 5.16 Å². The molecule has 0 unspecified atom stereocenters. The largest absolute Gasteiger partial charge is 0.476 e. The fourth-order valence-corrected chi connectivity index (χ4v) is 2.39. The lowest BCUT2D eigenvalue weighted by Gasteiger charge is -2.29. The monoisotopic (exact) mass is 323 g/mol. The van der Waals surface area contributed by atoms with Crippen molar-refractivity contribution >= 4 is 17.7 Å². The lowest BCUT2D eigenvalue weighted by atomic mass is 10.0. The van der Waals surface area contributed by atoms with Gasteiger partial charge in [0.15, 0.2) is 5.76 Å². The highest BCUT2D eigenvalue weighted by Crippen LogP contribution is 2.36. The van der Waals surface area contributed by atoms with Crippen LogP contribution < -0.4 is 0 Å². The summed E-state index contributed by atoms with van der Waals surface area (Å²) in [6.07, 6.45) is 3.80. The van der Waals surface area contributed by atoms with Crippen molar-refractivity contribution in [3.8, 4) is 0 Å². The van der Waals surface area contributed by atoms with Crippen LogP contribution in [-0.4, -0.2) is 34.0 Å². The number of esters is 1. The number of oxime groups is 1. The highest BCUT2D eigenvalue weighted by Gasteiger charge is 2.47. The van der Waals surface area contributed by atoms with Crippen LogP contribution in [0.25, 0.3) is 0 Å². The Kier molecular flexibility index (Phi) is 4.77. The maximum atomic E-state index is 12.5. The van der Waals surface area contributed by atoms with Crippen LogP contribution in [0.4, 0.5) is 0 Å². The number of hydrogen-bond acceptors (Lipinski definition) is 6. The van der Waals surface area contributed by atoms with Gasteiger partial charge in [0, 0.05) is 12.8 Å². The number of aliphatic carboxylic acids is 1. The molecule has 1 aliphatic rings. The van der Waals surface area contributed by atoms with Crippen molar-refractivity contribution in [2.24, 2.45) is 5.16 Å². The average Bonchev–Trinajstić information content (AvgIpc) is 3.08. The van der Waals surface area contributed by atoms with Gasteiger partial charge in [-0.15, -0.1) is 0 Å². The van der Waals surface area contributed by atoms with Gasteiger partial charge < -0.3 is 19.1 Å². The van der Waals surface area contributed by atoms with Crippen molar-refractivity contribution in [1.82, 2.24) is 0 Å². The molecule has 1 aromatic rings. The van der Waals surface area contributed by atoms with E-state index in [9.17, 15) is 14.7 Å². The first-order chi connectivity index (χ1) is 10.7. The molecule has 0 bridgehead atoms. The summed E-state index contributed by atoms with van der Waals surface area (Å²) >= 11 is 0. The van der Waals surface area contributed by atoms with Crippen LogP contribution in [0.5, 0.6) is 0 Å². The second kappa shape index (κ2) is 6.44. The lowest BCUT2D eigenvalue weighted by Crippen LogP contribution is -2.43. The molecule has 1 N–H and O–H groups in total. The summed E-state index contributed by atoms with van der Waals surface area (Å²) in [4.78, 5) is 29.2. The zero-order chi connectivity index (χ0) is 17.1. The molecule has 23 heavy (non-hydrogen) atoms. The average molecular weight is 323 g/mol. The molecule has 0 radical (unpaired) electrons. The Bertz CT molecular complexity index is 591. The van der Waals surface area contributed by atoms with E-state index in [1.54, 1.807) is 26.8 Å². The molecule has 0 aromatic carbocycles. The van der Waals surface area contributed by atoms with Crippen LogP contribution in [0.2, 0.25) is 0 Å². The van der Waals surface area contributed by atoms with Gasteiger partial charge in [-0.05, 0) is 45.7 Å². The van der Waals surface area contributed by atoms with Crippen molar-refractivity contribution < 1.29 is 28.7 Å². The number of rotatable bonds is 5. The smallest absolute Gasteiger partial charge is 0.361 e. The van der Waals surface area contributed by atoms with Crippen LogP contribution in [0, 0.1) is 0 Å². The number of carbonyl (C=O) groups is 2. The van der Waals surface area contributed by atoms with E-state index in [0.29, 0.717) is 12.8 Å². The molecule has 0 spiro atoms. The first kappa shape index (κ1) is 17.1. The Morgan fingerprint density at radius 1 is 1.30 bits per heavy atom. The second-order valence-corrected chi connectivity index (χ2v) is 6.52. The van der Waals surface area contributed by atoms with Crippen LogP contribution in [0.1, 0.15) is 52.2 Å². The fraction of sp³-hybridized carbons (Fsp3) is 0.562. The number of furan rings is 1. The Labute approximate surface area is 134 Å². The van der Waals surface area contributed by atoms with Gasteiger partial charge in [0.05, 0.1) is 6.26 Å². The molecule has 0 amide bonds. The van der Waals surface area contributed by atoms with E-state index in [2.05, 4.69) is 5.16 Å². The maximum Gasteiger partial charge on any atom is 0.361 e. The molecular formula is C16H21NO6. The molecule has 1 aromatic heterocycles. The predicted octanol–water partition coefficient (Wildman–Crippen LogP) is 2.74. The van der Waals surface area contributed by atoms with Crippen LogP contribution in [0.15, 0.2) is 28.0 Å². The minimum atomic E-state index is -1.29. The van der Waals surface area contributed by atoms with Gasteiger partial charge in [0.2, 0.25) is 11.3 Å². The quantitative estimate of drug-likeness (QED) is 0.508. The molecule has 1 fully saturated rings. The second-order valence-electron chi connectivity index (χ2n) is 6.52. The SMILES string of the molecule is CC(C)(C)OC(=O)C1(O/N=C(\C(=O)O)c2ccco2)CCCC1. The summed E-state index contributed by atoms with van der Waals surface area (Å²) < 4.78 is 10.4. The van der Waals surface area contributed by atoms with Crippen LogP contribution in [0.3, 0.4) is 0 Å². The number of carbonyl (C=O) groups excluding carboxylic acids is 1. The van der Waals surface area contributed by atoms with Gasteiger partial charge in [-0.2, -0.15) is 0 Å². The molecule has 1 saturated carbocycles. The van der Waals surface area contributed by atoms with Gasteiger partial charge in [-0.3, -0.25) is 0 Å². The lowest BCUT2D eigenvalue weighted by molar-refractivity contribution is -0.183. The molecule has 0 atom stereocenters. The third-order valence-corrected chi connectivity index (χ3v) is 3.45. The van der Waals surface area contributed by atoms with Gasteiger partial charge in [0.25, 0.3) is 0 Å². The highest BCUT2D eigenvalue weighted by molar-refractivity contribution is 6.41. The number of carboxylic acid groups (broad SMARTS) is 1. The van der Waals surface area contributed by atoms with E-state index in [1.807, 2.05) is 0 Å². The molecule has 7 heteroatoms. The van der Waals surface area contributed by atoms with Gasteiger partial charge in [-0.25, -0.2) is 9.59 Å². The van der Waals surface area contributed by atoms with Crippen LogP contribution in [-0.2, 0) is 19.2 Å². The zero-order valence-corrected chi connectivity index (χ0v) is 13.5. The van der Waals surface area contributed by atoms with Crippen molar-refractivity contribution in [3.05, 3.63) is 24.2 Å². The Morgan fingerprint density at radius 2 is 1.96 bits per heavy atom. The van der Waals surface area contributed by atoms with E-state index >= 15 is 0 Å². The van der Waals surface area contributed by atoms with Crippen molar-refractivity contribution in [3.63, 3.8) is 0 Å². The molecule has 1 aliphatic carbocycles. The summed E-state index contributed by atoms with van der Waals surface area (Å²) in [6, 6.07) is 3.01. The molecule has 0 saturated heterocycles. The van der Waals surface area contributed by atoms with E-state index in [4.69, 9.17) is 14.0 Å². The summed E-state index contributed by atoms with van der Waals surface area (Å²) in [7, 11) is 0. The first-order valence-corrected chi connectivity index (χ1v) is 7.50. The third-order valence-electron chi connectivity index (χ3n) is 3.45. The van der Waals surface area contributed by atoms with Gasteiger partial charge >= 0.3 is 11.9 Å². The topological polar surface area (TPSA) is 98.3 Å². The summed E-state index contributed by atoms with van der Waals surface area (Å²) in [5.74, 6) is -1.75. The number of hydrogen-bond donors (Lipinski definition) is 1. The fourth-order valence-electron chi connectivity index (χ4n) is 2.39. The summed E-state index contributed by atoms with van der Waals surface area (Å²) in [5, 5.41) is 12.9. The molecule has 1 heterocycles. The molecule has 0 aliphatic heterocycles. The molecular weight excluding hydrogens is 302 g/mol. The molecule has 2 rings (SSSR count). The molecule has 7 nitrogen and oxygen atoms in total. The Hall–Kier alpha value is -2.31. The van der Waals surface area contributed by atoms with E-state index < -0.39 is 23.1 Å². The normalized spacial score (nSPS) is 17.8. The predicted molar refractivity (Wildman–Crippen MR) is 81.0 cm³/mol. The number of nitrogens with zero attached hydrogens (tertiary/aromatic N) is 1. The number of carboxylic acids is 1. The Morgan fingerprint density at radius 3 is 2.43 bits per heavy atom. The highest BCUT2D eigenvalue weighted by atomic mass is 16.7.